The van der Waals surface area contributed by atoms with Crippen LogP contribution in [-0.4, -0.2) is 65.2 Å². The predicted octanol–water partition coefficient (Wildman–Crippen LogP) is 4.54. The first-order valence-electron chi connectivity index (χ1n) is 10.4. The number of hydrogen-bond donors (Lipinski definition) is 2. The van der Waals surface area contributed by atoms with Gasteiger partial charge in [0.25, 0.3) is 0 Å². The number of hydrogen-bond acceptors (Lipinski definition) is 9. The van der Waals surface area contributed by atoms with Crippen molar-refractivity contribution < 1.29 is 19.7 Å². The predicted molar refractivity (Wildman–Crippen MR) is 132 cm³/mol. The quantitative estimate of drug-likeness (QED) is 0.321. The van der Waals surface area contributed by atoms with Crippen LogP contribution in [0.3, 0.4) is 0 Å². The molecular weight excluding hydrogens is 500 g/mol. The summed E-state index contributed by atoms with van der Waals surface area (Å²) in [6.07, 6.45) is -1.29. The van der Waals surface area contributed by atoms with Gasteiger partial charge in [-0.25, -0.2) is 14.7 Å². The van der Waals surface area contributed by atoms with Crippen LogP contribution in [-0.2, 0) is 0 Å². The topological polar surface area (TPSA) is 126 Å². The summed E-state index contributed by atoms with van der Waals surface area (Å²) in [5.74, 6) is 0.681. The second-order valence-corrected chi connectivity index (χ2v) is 10.8. The van der Waals surface area contributed by atoms with E-state index in [1.807, 2.05) is 39.0 Å². The van der Waals surface area contributed by atoms with E-state index in [0.717, 1.165) is 15.1 Å². The van der Waals surface area contributed by atoms with Crippen LogP contribution in [0.15, 0.2) is 40.4 Å². The largest absolute Gasteiger partial charge is 0.474 e. The van der Waals surface area contributed by atoms with Gasteiger partial charge in [0.05, 0.1) is 16.3 Å². The first-order valence-corrected chi connectivity index (χ1v) is 12.5. The molecule has 0 aliphatic rings. The van der Waals surface area contributed by atoms with Crippen LogP contribution >= 0.6 is 34.7 Å². The van der Waals surface area contributed by atoms with E-state index in [1.165, 1.54) is 28.0 Å². The molecule has 0 radical (unpaired) electrons. The third-order valence-electron chi connectivity index (χ3n) is 4.69. The molecule has 1 aromatic carbocycles. The van der Waals surface area contributed by atoms with Crippen LogP contribution in [0.2, 0.25) is 0 Å². The number of aromatic nitrogens is 5. The van der Waals surface area contributed by atoms with Gasteiger partial charge in [-0.1, -0.05) is 11.3 Å². The number of carbonyl (C=O) groups is 1. The van der Waals surface area contributed by atoms with Crippen LogP contribution in [0.1, 0.15) is 27.2 Å². The number of aliphatic hydroxyl groups is 1. The Morgan fingerprint density at radius 3 is 2.79 bits per heavy atom. The van der Waals surface area contributed by atoms with Crippen LogP contribution in [0, 0.1) is 0 Å². The number of halogens is 1. The molecule has 0 spiro atoms. The Balaban J connectivity index is 1.57. The second-order valence-electron chi connectivity index (χ2n) is 8.38. The van der Waals surface area contributed by atoms with Gasteiger partial charge in [0, 0.05) is 22.4 Å². The van der Waals surface area contributed by atoms with Crippen LogP contribution in [0.4, 0.5) is 9.93 Å². The number of nitrogens with zero attached hydrogens (tertiary/aromatic N) is 6. The molecule has 0 saturated heterocycles. The zero-order chi connectivity index (χ0) is 24.5. The fraction of sp³-hybridized carbons (Fsp3) is 0.381. The van der Waals surface area contributed by atoms with Gasteiger partial charge in [-0.15, -0.1) is 26.9 Å². The van der Waals surface area contributed by atoms with Crippen LogP contribution in [0.25, 0.3) is 15.9 Å². The maximum absolute atomic E-state index is 11.8. The molecule has 34 heavy (non-hydrogen) atoms. The lowest BCUT2D eigenvalue weighted by Crippen LogP contribution is -2.45. The van der Waals surface area contributed by atoms with E-state index in [0.29, 0.717) is 34.1 Å². The maximum Gasteiger partial charge on any atom is 0.414 e. The number of alkyl halides is 1. The Hall–Kier alpha value is -2.67. The van der Waals surface area contributed by atoms with Crippen molar-refractivity contribution in [3.05, 3.63) is 30.3 Å². The Bertz CT molecular complexity index is 1320. The van der Waals surface area contributed by atoms with Crippen molar-refractivity contribution in [2.45, 2.75) is 48.9 Å². The Kier molecular flexibility index (Phi) is 7.12. The number of fused-ring (bicyclic) bond motifs is 2. The van der Waals surface area contributed by atoms with Gasteiger partial charge in [-0.3, -0.25) is 0 Å². The van der Waals surface area contributed by atoms with Gasteiger partial charge >= 0.3 is 6.09 Å². The molecule has 0 aliphatic carbocycles. The molecule has 1 amide bonds. The Morgan fingerprint density at radius 1 is 1.29 bits per heavy atom. The van der Waals surface area contributed by atoms with E-state index >= 15 is 0 Å². The van der Waals surface area contributed by atoms with E-state index in [1.54, 1.807) is 16.6 Å². The minimum atomic E-state index is -1.05. The molecule has 3 heterocycles. The summed E-state index contributed by atoms with van der Waals surface area (Å²) in [5, 5.41) is 33.2. The van der Waals surface area contributed by atoms with E-state index in [4.69, 9.17) is 16.3 Å². The molecule has 4 rings (SSSR count). The molecule has 0 saturated carbocycles. The molecule has 0 aliphatic heterocycles. The third kappa shape index (κ3) is 5.35. The van der Waals surface area contributed by atoms with Crippen molar-refractivity contribution in [2.24, 2.45) is 0 Å². The van der Waals surface area contributed by atoms with Crippen LogP contribution in [0.5, 0.6) is 5.88 Å². The van der Waals surface area contributed by atoms with E-state index in [-0.39, 0.29) is 6.61 Å². The average molecular weight is 523 g/mol. The number of thiazole rings is 1. The summed E-state index contributed by atoms with van der Waals surface area (Å²) in [4.78, 5) is 18.5. The standard InChI is InChI=1S/C21H23ClN6O4S2/c1-21(2,3)27(20(30)31)18-23-14-5-4-13(10-15(14)34-18)33-19-25-24-16-6-7-17(26-28(16)19)32-11-12(29)8-9-22/h4-7,10,12,29H,8-9,11H2,1-3H3,(H,30,31). The molecule has 10 nitrogen and oxygen atoms in total. The van der Waals surface area contributed by atoms with E-state index in [9.17, 15) is 15.0 Å². The van der Waals surface area contributed by atoms with Crippen molar-refractivity contribution in [1.29, 1.82) is 0 Å². The average Bonchev–Trinajstić information content (AvgIpc) is 3.34. The van der Waals surface area contributed by atoms with E-state index in [2.05, 4.69) is 20.3 Å². The molecule has 2 N–H and O–H groups in total. The molecule has 0 bridgehead atoms. The summed E-state index contributed by atoms with van der Waals surface area (Å²) >= 11 is 8.32. The molecule has 1 unspecified atom stereocenters. The summed E-state index contributed by atoms with van der Waals surface area (Å²) < 4.78 is 8.00. The van der Waals surface area contributed by atoms with Gasteiger partial charge in [0.2, 0.25) is 11.0 Å². The Morgan fingerprint density at radius 2 is 2.09 bits per heavy atom. The van der Waals surface area contributed by atoms with Crippen molar-refractivity contribution in [2.75, 3.05) is 17.4 Å². The lowest BCUT2D eigenvalue weighted by Gasteiger charge is -2.30. The summed E-state index contributed by atoms with van der Waals surface area (Å²) in [6, 6.07) is 9.08. The molecule has 180 valence electrons. The maximum atomic E-state index is 11.8. The zero-order valence-corrected chi connectivity index (χ0v) is 21.1. The SMILES string of the molecule is CC(C)(C)N(C(=O)O)c1nc2ccc(Sc3nnc4ccc(OCC(O)CCCl)nn34)cc2s1. The fourth-order valence-corrected chi connectivity index (χ4v) is 5.44. The molecule has 3 aromatic heterocycles. The molecule has 4 aromatic rings. The molecular formula is C21H23ClN6O4S2. The van der Waals surface area contributed by atoms with Gasteiger partial charge in [0.15, 0.2) is 10.8 Å². The molecule has 13 heteroatoms. The first-order chi connectivity index (χ1) is 16.2. The van der Waals surface area contributed by atoms with Crippen molar-refractivity contribution >= 4 is 61.8 Å². The summed E-state index contributed by atoms with van der Waals surface area (Å²) in [7, 11) is 0. The van der Waals surface area contributed by atoms with Gasteiger partial charge in [-0.05, 0) is 63.2 Å². The highest BCUT2D eigenvalue weighted by Crippen LogP contribution is 2.36. The number of ether oxygens (including phenoxy) is 1. The van der Waals surface area contributed by atoms with Crippen LogP contribution < -0.4 is 9.64 Å². The third-order valence-corrected chi connectivity index (χ3v) is 6.84. The van der Waals surface area contributed by atoms with Gasteiger partial charge in [0.1, 0.15) is 6.61 Å². The summed E-state index contributed by atoms with van der Waals surface area (Å²) in [6.45, 7) is 5.57. The number of rotatable bonds is 8. The number of anilines is 1. The van der Waals surface area contributed by atoms with Gasteiger partial charge < -0.3 is 14.9 Å². The number of amides is 1. The second kappa shape index (κ2) is 9.90. The van der Waals surface area contributed by atoms with E-state index < -0.39 is 17.7 Å². The highest BCUT2D eigenvalue weighted by Gasteiger charge is 2.30. The normalized spacial score (nSPS) is 12.9. The lowest BCUT2D eigenvalue weighted by atomic mass is 10.1. The number of carboxylic acid groups (broad SMARTS) is 1. The monoisotopic (exact) mass is 522 g/mol. The van der Waals surface area contributed by atoms with Crippen molar-refractivity contribution in [3.63, 3.8) is 0 Å². The summed E-state index contributed by atoms with van der Waals surface area (Å²) in [5.41, 5.74) is 0.651. The molecule has 1 atom stereocenters. The van der Waals surface area contributed by atoms with Crippen molar-refractivity contribution in [3.8, 4) is 5.88 Å². The zero-order valence-electron chi connectivity index (χ0n) is 18.7. The minimum Gasteiger partial charge on any atom is -0.474 e. The highest BCUT2D eigenvalue weighted by molar-refractivity contribution is 7.99. The van der Waals surface area contributed by atoms with Gasteiger partial charge in [-0.2, -0.15) is 4.52 Å². The smallest absolute Gasteiger partial charge is 0.414 e. The molecule has 0 fully saturated rings. The number of benzene rings is 1. The highest BCUT2D eigenvalue weighted by atomic mass is 35.5. The number of aliphatic hydroxyl groups excluding tert-OH is 1. The first kappa shape index (κ1) is 24.5. The fourth-order valence-electron chi connectivity index (χ4n) is 3.10. The lowest BCUT2D eigenvalue weighted by molar-refractivity contribution is 0.102. The Labute approximate surface area is 208 Å². The van der Waals surface area contributed by atoms with Crippen molar-refractivity contribution in [1.82, 2.24) is 24.8 Å². The minimum absolute atomic E-state index is 0.0854.